The zero-order valence-electron chi connectivity index (χ0n) is 19.9. The molecule has 5 rings (SSSR count). The summed E-state index contributed by atoms with van der Waals surface area (Å²) in [5.74, 6) is 1.13. The summed E-state index contributed by atoms with van der Waals surface area (Å²) in [6.45, 7) is 3.98. The normalized spacial score (nSPS) is 27.3. The molecule has 2 aromatic rings. The van der Waals surface area contributed by atoms with Crippen LogP contribution >= 0.6 is 0 Å². The predicted molar refractivity (Wildman–Crippen MR) is 132 cm³/mol. The van der Waals surface area contributed by atoms with Crippen molar-refractivity contribution in [2.75, 3.05) is 29.9 Å². The number of likely N-dealkylation sites (tertiary alicyclic amines) is 1. The number of hydrogen-bond acceptors (Lipinski definition) is 5. The second-order valence-corrected chi connectivity index (χ2v) is 10.2. The Bertz CT molecular complexity index is 1050. The van der Waals surface area contributed by atoms with Crippen molar-refractivity contribution in [1.82, 2.24) is 9.88 Å². The van der Waals surface area contributed by atoms with Crippen molar-refractivity contribution in [3.63, 3.8) is 0 Å². The number of anilines is 2. The molecule has 180 valence electrons. The Hall–Kier alpha value is -2.93. The van der Waals surface area contributed by atoms with E-state index in [1.807, 2.05) is 36.5 Å². The highest BCUT2D eigenvalue weighted by molar-refractivity contribution is 5.89. The van der Waals surface area contributed by atoms with Gasteiger partial charge in [0.25, 0.3) is 0 Å². The quantitative estimate of drug-likeness (QED) is 0.721. The highest BCUT2D eigenvalue weighted by atomic mass is 16.3. The van der Waals surface area contributed by atoms with Crippen LogP contribution < -0.4 is 10.2 Å². The summed E-state index contributed by atoms with van der Waals surface area (Å²) in [5.41, 5.74) is 2.45. The first-order valence-corrected chi connectivity index (χ1v) is 12.5. The van der Waals surface area contributed by atoms with E-state index >= 15 is 0 Å². The highest BCUT2D eigenvalue weighted by Crippen LogP contribution is 2.43. The molecular weight excluding hydrogens is 428 g/mol. The minimum atomic E-state index is -0.304. The van der Waals surface area contributed by atoms with Crippen LogP contribution in [0, 0.1) is 5.41 Å². The summed E-state index contributed by atoms with van der Waals surface area (Å²) in [7, 11) is 0. The van der Waals surface area contributed by atoms with Crippen molar-refractivity contribution < 1.29 is 14.7 Å². The Morgan fingerprint density at radius 3 is 2.65 bits per heavy atom. The van der Waals surface area contributed by atoms with E-state index in [4.69, 9.17) is 4.98 Å². The van der Waals surface area contributed by atoms with Crippen molar-refractivity contribution in [1.29, 1.82) is 0 Å². The smallest absolute Gasteiger partial charge is 0.230 e. The third kappa shape index (κ3) is 4.53. The van der Waals surface area contributed by atoms with Gasteiger partial charge in [-0.3, -0.25) is 9.59 Å². The van der Waals surface area contributed by atoms with Gasteiger partial charge in [0.15, 0.2) is 0 Å². The maximum absolute atomic E-state index is 13.6. The lowest BCUT2D eigenvalue weighted by Crippen LogP contribution is -2.50. The van der Waals surface area contributed by atoms with E-state index in [0.717, 1.165) is 87.2 Å². The molecule has 7 nitrogen and oxygen atoms in total. The summed E-state index contributed by atoms with van der Waals surface area (Å²) in [5, 5.41) is 12.7. The number of amides is 2. The van der Waals surface area contributed by atoms with Gasteiger partial charge in [-0.05, 0) is 74.8 Å². The lowest BCUT2D eigenvalue weighted by atomic mass is 9.78. The largest absolute Gasteiger partial charge is 0.393 e. The molecule has 7 heteroatoms. The van der Waals surface area contributed by atoms with E-state index in [2.05, 4.69) is 21.2 Å². The summed E-state index contributed by atoms with van der Waals surface area (Å²) in [4.78, 5) is 34.1. The van der Waals surface area contributed by atoms with Crippen LogP contribution in [-0.2, 0) is 9.59 Å². The van der Waals surface area contributed by atoms with Crippen molar-refractivity contribution in [2.45, 2.75) is 64.0 Å². The monoisotopic (exact) mass is 462 g/mol. The first-order chi connectivity index (χ1) is 16.4. The summed E-state index contributed by atoms with van der Waals surface area (Å²) >= 11 is 0. The highest BCUT2D eigenvalue weighted by Gasteiger charge is 2.50. The van der Waals surface area contributed by atoms with Crippen molar-refractivity contribution >= 4 is 23.3 Å². The molecule has 2 saturated heterocycles. The van der Waals surface area contributed by atoms with Crippen LogP contribution in [0.25, 0.3) is 11.1 Å². The maximum atomic E-state index is 13.6. The van der Waals surface area contributed by atoms with E-state index < -0.39 is 0 Å². The summed E-state index contributed by atoms with van der Waals surface area (Å²) < 4.78 is 0. The van der Waals surface area contributed by atoms with Gasteiger partial charge in [-0.25, -0.2) is 4.98 Å². The molecule has 2 aliphatic heterocycles. The minimum absolute atomic E-state index is 0.0919. The molecule has 1 aliphatic carbocycles. The van der Waals surface area contributed by atoms with Gasteiger partial charge < -0.3 is 20.2 Å². The number of carbonyl (C=O) groups is 2. The lowest BCUT2D eigenvalue weighted by Gasteiger charge is -2.41. The number of aliphatic hydroxyl groups is 1. The molecule has 2 amide bonds. The molecule has 1 atom stereocenters. The predicted octanol–water partition coefficient (Wildman–Crippen LogP) is 3.83. The van der Waals surface area contributed by atoms with E-state index in [-0.39, 0.29) is 23.5 Å². The molecule has 3 fully saturated rings. The molecule has 34 heavy (non-hydrogen) atoms. The van der Waals surface area contributed by atoms with Crippen LogP contribution in [0.5, 0.6) is 0 Å². The van der Waals surface area contributed by atoms with Gasteiger partial charge >= 0.3 is 0 Å². The van der Waals surface area contributed by atoms with Crippen LogP contribution in [0.15, 0.2) is 42.6 Å². The third-order valence-corrected chi connectivity index (χ3v) is 7.82. The third-order valence-electron chi connectivity index (χ3n) is 7.82. The number of piperidine rings is 1. The second kappa shape index (κ2) is 9.37. The molecule has 0 unspecified atom stereocenters. The number of hydrogen-bond donors (Lipinski definition) is 2. The molecule has 1 spiro atoms. The van der Waals surface area contributed by atoms with Crippen LogP contribution in [-0.4, -0.2) is 58.6 Å². The van der Waals surface area contributed by atoms with Gasteiger partial charge in [-0.1, -0.05) is 12.1 Å². The summed E-state index contributed by atoms with van der Waals surface area (Å²) in [6, 6.07) is 12.1. The van der Waals surface area contributed by atoms with Gasteiger partial charge in [0.05, 0.1) is 11.5 Å². The Balaban J connectivity index is 1.28. The number of nitrogens with one attached hydrogen (secondary N) is 1. The Labute approximate surface area is 201 Å². The molecule has 1 aromatic carbocycles. The van der Waals surface area contributed by atoms with Gasteiger partial charge in [0, 0.05) is 50.0 Å². The molecule has 2 N–H and O–H groups in total. The molecule has 0 bridgehead atoms. The standard InChI is InChI=1S/C27H34N4O3/c1-19(32)29-22-5-2-4-20(16-22)21-6-11-25(28-17-21)30-14-3-12-27(18-30)13-15-31(26(27)34)23-7-9-24(33)10-8-23/h2,4-6,11,16-17,23-24,33H,3,7-10,12-15,18H2,1H3,(H,29,32)/t23-,24-,27-/m0/s1. The number of pyridine rings is 1. The number of aromatic nitrogens is 1. The molecule has 3 aliphatic rings. The van der Waals surface area contributed by atoms with Crippen molar-refractivity contribution in [2.24, 2.45) is 5.41 Å². The second-order valence-electron chi connectivity index (χ2n) is 10.2. The molecule has 1 aromatic heterocycles. The molecule has 3 heterocycles. The van der Waals surface area contributed by atoms with Crippen LogP contribution in [0.1, 0.15) is 51.9 Å². The van der Waals surface area contributed by atoms with Gasteiger partial charge in [-0.2, -0.15) is 0 Å². The van der Waals surface area contributed by atoms with E-state index in [0.29, 0.717) is 5.91 Å². The van der Waals surface area contributed by atoms with E-state index in [1.54, 1.807) is 0 Å². The lowest BCUT2D eigenvalue weighted by molar-refractivity contribution is -0.139. The number of benzene rings is 1. The SMILES string of the molecule is CC(=O)Nc1cccc(-c2ccc(N3CCC[C@]4(CCN([C@H]5CC[C@H](O)CC5)C4=O)C3)nc2)c1. The van der Waals surface area contributed by atoms with E-state index in [9.17, 15) is 14.7 Å². The Morgan fingerprint density at radius 1 is 1.09 bits per heavy atom. The fraction of sp³-hybridized carbons (Fsp3) is 0.519. The first kappa shape index (κ1) is 22.8. The van der Waals surface area contributed by atoms with Crippen LogP contribution in [0.4, 0.5) is 11.5 Å². The molecule has 1 saturated carbocycles. The van der Waals surface area contributed by atoms with Gasteiger partial charge in [0.2, 0.25) is 11.8 Å². The zero-order chi connectivity index (χ0) is 23.7. The van der Waals surface area contributed by atoms with Crippen molar-refractivity contribution in [3.8, 4) is 11.1 Å². The fourth-order valence-corrected chi connectivity index (χ4v) is 6.00. The first-order valence-electron chi connectivity index (χ1n) is 12.5. The molecule has 0 radical (unpaired) electrons. The number of nitrogens with zero attached hydrogens (tertiary/aromatic N) is 3. The Kier molecular flexibility index (Phi) is 6.30. The number of aliphatic hydroxyl groups excluding tert-OH is 1. The fourth-order valence-electron chi connectivity index (χ4n) is 6.00. The van der Waals surface area contributed by atoms with Gasteiger partial charge in [-0.15, -0.1) is 0 Å². The minimum Gasteiger partial charge on any atom is -0.393 e. The van der Waals surface area contributed by atoms with Crippen LogP contribution in [0.2, 0.25) is 0 Å². The average Bonchev–Trinajstić information content (AvgIpc) is 3.14. The average molecular weight is 463 g/mol. The number of carbonyl (C=O) groups excluding carboxylic acids is 2. The number of rotatable bonds is 4. The van der Waals surface area contributed by atoms with Crippen molar-refractivity contribution in [3.05, 3.63) is 42.6 Å². The molecular formula is C27H34N4O3. The zero-order valence-corrected chi connectivity index (χ0v) is 19.9. The van der Waals surface area contributed by atoms with E-state index in [1.165, 1.54) is 6.92 Å². The maximum Gasteiger partial charge on any atom is 0.230 e. The topological polar surface area (TPSA) is 85.8 Å². The van der Waals surface area contributed by atoms with Gasteiger partial charge in [0.1, 0.15) is 5.82 Å². The summed E-state index contributed by atoms with van der Waals surface area (Å²) in [6.07, 6.45) is 7.96. The Morgan fingerprint density at radius 2 is 1.91 bits per heavy atom. The van der Waals surface area contributed by atoms with Crippen LogP contribution in [0.3, 0.4) is 0 Å².